The van der Waals surface area contributed by atoms with Crippen molar-refractivity contribution < 1.29 is 4.39 Å². The van der Waals surface area contributed by atoms with Crippen molar-refractivity contribution in [2.45, 2.75) is 20.3 Å². The second-order valence-electron chi connectivity index (χ2n) is 5.03. The van der Waals surface area contributed by atoms with E-state index in [0.29, 0.717) is 17.9 Å². The summed E-state index contributed by atoms with van der Waals surface area (Å²) in [6.07, 6.45) is 0.604. The Balaban J connectivity index is 2.29. The van der Waals surface area contributed by atoms with Gasteiger partial charge in [-0.15, -0.1) is 11.6 Å². The van der Waals surface area contributed by atoms with Crippen LogP contribution in [-0.2, 0) is 6.42 Å². The molecule has 21 heavy (non-hydrogen) atoms. The van der Waals surface area contributed by atoms with E-state index in [0.717, 1.165) is 28.4 Å². The maximum Gasteiger partial charge on any atom is 0.164 e. The Morgan fingerprint density at radius 1 is 1.14 bits per heavy atom. The van der Waals surface area contributed by atoms with Crippen molar-refractivity contribution in [1.29, 1.82) is 0 Å². The van der Waals surface area contributed by atoms with Crippen LogP contribution in [0.25, 0.3) is 16.9 Å². The number of alkyl halides is 1. The van der Waals surface area contributed by atoms with Gasteiger partial charge in [-0.05, 0) is 43.7 Å². The van der Waals surface area contributed by atoms with E-state index in [2.05, 4.69) is 9.97 Å². The van der Waals surface area contributed by atoms with Gasteiger partial charge in [-0.3, -0.25) is 4.57 Å². The maximum absolute atomic E-state index is 13.9. The number of aromatic nitrogens is 3. The van der Waals surface area contributed by atoms with Crippen LogP contribution >= 0.6 is 11.6 Å². The lowest BCUT2D eigenvalue weighted by Gasteiger charge is -2.09. The zero-order valence-corrected chi connectivity index (χ0v) is 12.7. The number of aryl methyl sites for hydroxylation is 3. The molecule has 0 radical (unpaired) electrons. The third kappa shape index (κ3) is 2.51. The van der Waals surface area contributed by atoms with Crippen molar-refractivity contribution in [1.82, 2.24) is 14.5 Å². The Bertz CT molecular complexity index is 811. The van der Waals surface area contributed by atoms with Gasteiger partial charge in [0.2, 0.25) is 0 Å². The first-order valence-corrected chi connectivity index (χ1v) is 7.31. The van der Waals surface area contributed by atoms with Crippen LogP contribution in [0.1, 0.15) is 17.1 Å². The minimum atomic E-state index is -0.237. The molecule has 0 aliphatic heterocycles. The topological polar surface area (TPSA) is 30.7 Å². The fraction of sp³-hybridized carbons (Fsp3) is 0.250. The number of halogens is 2. The third-order valence-corrected chi connectivity index (χ3v) is 3.63. The fourth-order valence-corrected chi connectivity index (χ4v) is 2.51. The summed E-state index contributed by atoms with van der Waals surface area (Å²) in [5.41, 5.74) is 3.76. The highest BCUT2D eigenvalue weighted by atomic mass is 35.5. The molecule has 3 aromatic rings. The Morgan fingerprint density at radius 3 is 2.67 bits per heavy atom. The first kappa shape index (κ1) is 14.0. The molecule has 0 aliphatic carbocycles. The molecule has 3 nitrogen and oxygen atoms in total. The summed E-state index contributed by atoms with van der Waals surface area (Å²) < 4.78 is 15.8. The van der Waals surface area contributed by atoms with Crippen molar-refractivity contribution >= 4 is 22.8 Å². The van der Waals surface area contributed by atoms with Gasteiger partial charge < -0.3 is 0 Å². The van der Waals surface area contributed by atoms with E-state index < -0.39 is 0 Å². The second kappa shape index (κ2) is 5.45. The largest absolute Gasteiger partial charge is 0.281 e. The van der Waals surface area contributed by atoms with Crippen molar-refractivity contribution in [3.8, 4) is 5.69 Å². The Hall–Kier alpha value is -1.94. The van der Waals surface area contributed by atoms with Crippen LogP contribution in [0.2, 0.25) is 0 Å². The molecule has 2 heterocycles. The van der Waals surface area contributed by atoms with Crippen molar-refractivity contribution in [3.63, 3.8) is 0 Å². The van der Waals surface area contributed by atoms with E-state index in [4.69, 9.17) is 11.6 Å². The number of imidazole rings is 1. The van der Waals surface area contributed by atoms with Gasteiger partial charge in [0.15, 0.2) is 5.65 Å². The van der Waals surface area contributed by atoms with E-state index in [-0.39, 0.29) is 5.82 Å². The minimum Gasteiger partial charge on any atom is -0.281 e. The van der Waals surface area contributed by atoms with Crippen LogP contribution in [0, 0.1) is 19.7 Å². The minimum absolute atomic E-state index is 0.237. The zero-order chi connectivity index (χ0) is 15.0. The molecule has 0 unspecified atom stereocenters. The van der Waals surface area contributed by atoms with Crippen molar-refractivity contribution in [2.75, 3.05) is 5.88 Å². The highest BCUT2D eigenvalue weighted by Gasteiger charge is 2.14. The molecule has 0 saturated carbocycles. The molecule has 108 valence electrons. The van der Waals surface area contributed by atoms with E-state index in [1.807, 2.05) is 29.7 Å². The third-order valence-electron chi connectivity index (χ3n) is 3.44. The Kier molecular flexibility index (Phi) is 3.64. The standard InChI is InChI=1S/C16H15ClFN3/c1-10-3-5-12(9-13(10)18)21-15(7-8-17)20-14-6-4-11(2)19-16(14)21/h3-6,9H,7-8H2,1-2H3. The van der Waals surface area contributed by atoms with Crippen LogP contribution in [0.15, 0.2) is 30.3 Å². The Labute approximate surface area is 127 Å². The van der Waals surface area contributed by atoms with Gasteiger partial charge in [-0.2, -0.15) is 0 Å². The second-order valence-corrected chi connectivity index (χ2v) is 5.41. The summed E-state index contributed by atoms with van der Waals surface area (Å²) in [6, 6.07) is 8.99. The molecule has 3 rings (SSSR count). The first-order chi connectivity index (χ1) is 10.1. The number of benzene rings is 1. The van der Waals surface area contributed by atoms with Crippen LogP contribution in [0.5, 0.6) is 0 Å². The monoisotopic (exact) mass is 303 g/mol. The quantitative estimate of drug-likeness (QED) is 0.686. The lowest BCUT2D eigenvalue weighted by Crippen LogP contribution is -2.04. The van der Waals surface area contributed by atoms with Gasteiger partial charge >= 0.3 is 0 Å². The molecule has 0 amide bonds. The summed E-state index contributed by atoms with van der Waals surface area (Å²) in [5.74, 6) is 1.01. The molecular formula is C16H15ClFN3. The van der Waals surface area contributed by atoms with E-state index in [1.54, 1.807) is 13.0 Å². The summed E-state index contributed by atoms with van der Waals surface area (Å²) in [5, 5.41) is 0. The van der Waals surface area contributed by atoms with E-state index in [9.17, 15) is 4.39 Å². The SMILES string of the molecule is Cc1ccc2nc(CCCl)n(-c3ccc(C)c(F)c3)c2n1. The van der Waals surface area contributed by atoms with Gasteiger partial charge in [0, 0.05) is 18.0 Å². The molecule has 2 aromatic heterocycles. The summed E-state index contributed by atoms with van der Waals surface area (Å²) in [7, 11) is 0. The summed E-state index contributed by atoms with van der Waals surface area (Å²) in [4.78, 5) is 9.11. The normalized spacial score (nSPS) is 11.2. The number of pyridine rings is 1. The number of hydrogen-bond donors (Lipinski definition) is 0. The molecule has 1 aromatic carbocycles. The van der Waals surface area contributed by atoms with Crippen LogP contribution < -0.4 is 0 Å². The molecule has 0 aliphatic rings. The van der Waals surface area contributed by atoms with Gasteiger partial charge in [-0.1, -0.05) is 6.07 Å². The van der Waals surface area contributed by atoms with Gasteiger partial charge in [0.1, 0.15) is 17.2 Å². The van der Waals surface area contributed by atoms with E-state index in [1.165, 1.54) is 6.07 Å². The molecule has 5 heteroatoms. The predicted octanol–water partition coefficient (Wildman–Crippen LogP) is 3.96. The van der Waals surface area contributed by atoms with Crippen LogP contribution in [-0.4, -0.2) is 20.4 Å². The average molecular weight is 304 g/mol. The lowest BCUT2D eigenvalue weighted by molar-refractivity contribution is 0.617. The summed E-state index contributed by atoms with van der Waals surface area (Å²) >= 11 is 5.86. The van der Waals surface area contributed by atoms with Gasteiger partial charge in [-0.25, -0.2) is 14.4 Å². The highest BCUT2D eigenvalue weighted by Crippen LogP contribution is 2.22. The number of fused-ring (bicyclic) bond motifs is 1. The average Bonchev–Trinajstić information content (AvgIpc) is 2.80. The van der Waals surface area contributed by atoms with Crippen molar-refractivity contribution in [3.05, 3.63) is 53.2 Å². The lowest BCUT2D eigenvalue weighted by atomic mass is 10.2. The molecular weight excluding hydrogens is 289 g/mol. The molecule has 0 N–H and O–H groups in total. The fourth-order valence-electron chi connectivity index (χ4n) is 2.34. The maximum atomic E-state index is 13.9. The first-order valence-electron chi connectivity index (χ1n) is 6.77. The smallest absolute Gasteiger partial charge is 0.164 e. The molecule has 0 saturated heterocycles. The molecule has 0 spiro atoms. The molecule has 0 atom stereocenters. The highest BCUT2D eigenvalue weighted by molar-refractivity contribution is 6.17. The zero-order valence-electron chi connectivity index (χ0n) is 11.9. The van der Waals surface area contributed by atoms with Gasteiger partial charge in [0.05, 0.1) is 5.69 Å². The predicted molar refractivity (Wildman–Crippen MR) is 82.7 cm³/mol. The number of nitrogens with zero attached hydrogens (tertiary/aromatic N) is 3. The van der Waals surface area contributed by atoms with Crippen LogP contribution in [0.3, 0.4) is 0 Å². The van der Waals surface area contributed by atoms with Gasteiger partial charge in [0.25, 0.3) is 0 Å². The van der Waals surface area contributed by atoms with Crippen LogP contribution in [0.4, 0.5) is 4.39 Å². The Morgan fingerprint density at radius 2 is 1.95 bits per heavy atom. The van der Waals surface area contributed by atoms with Crippen molar-refractivity contribution in [2.24, 2.45) is 0 Å². The molecule has 0 bridgehead atoms. The number of hydrogen-bond acceptors (Lipinski definition) is 2. The number of rotatable bonds is 3. The summed E-state index contributed by atoms with van der Waals surface area (Å²) in [6.45, 7) is 3.67. The van der Waals surface area contributed by atoms with E-state index >= 15 is 0 Å². The molecule has 0 fully saturated rings.